The summed E-state index contributed by atoms with van der Waals surface area (Å²) < 4.78 is 35.1. The molecule has 5 heteroatoms. The highest BCUT2D eigenvalue weighted by Crippen LogP contribution is 2.31. The minimum absolute atomic E-state index is 0.104. The lowest BCUT2D eigenvalue weighted by Crippen LogP contribution is -2.16. The van der Waals surface area contributed by atoms with Crippen LogP contribution in [0.25, 0.3) is 0 Å². The van der Waals surface area contributed by atoms with Crippen LogP contribution in [-0.4, -0.2) is 26.9 Å². The van der Waals surface area contributed by atoms with Gasteiger partial charge in [0.25, 0.3) is 0 Å². The lowest BCUT2D eigenvalue weighted by atomic mass is 10.0. The number of hydrogen-bond acceptors (Lipinski definition) is 4. The monoisotopic (exact) mass is 360 g/mol. The van der Waals surface area contributed by atoms with Crippen LogP contribution >= 0.6 is 0 Å². The van der Waals surface area contributed by atoms with Crippen LogP contribution in [0.4, 0.5) is 0 Å². The summed E-state index contributed by atoms with van der Waals surface area (Å²) in [6.07, 6.45) is 1.80. The molecule has 0 saturated heterocycles. The van der Waals surface area contributed by atoms with Crippen molar-refractivity contribution in [1.29, 1.82) is 0 Å². The van der Waals surface area contributed by atoms with Gasteiger partial charge in [-0.25, -0.2) is 8.42 Å². The first kappa shape index (κ1) is 17.8. The van der Waals surface area contributed by atoms with Crippen LogP contribution in [0.15, 0.2) is 42.5 Å². The highest BCUT2D eigenvalue weighted by molar-refractivity contribution is 7.91. The topological polar surface area (TPSA) is 52.6 Å². The summed E-state index contributed by atoms with van der Waals surface area (Å²) >= 11 is 0. The van der Waals surface area contributed by atoms with Crippen LogP contribution in [0.1, 0.15) is 30.5 Å². The Labute approximate surface area is 149 Å². The Hall–Kier alpha value is -2.01. The standard InChI is InChI=1S/C20H24O4S/c1-15(2)25(21,22)14-18-7-4-16(5-8-18)3-6-17-9-10-19-20(13-17)24-12-11-23-19/h4-5,7-10,13,15H,3,6,11-12,14H2,1-2H3. The first-order valence-corrected chi connectivity index (χ1v) is 10.3. The maximum Gasteiger partial charge on any atom is 0.161 e. The molecule has 0 fully saturated rings. The van der Waals surface area contributed by atoms with Gasteiger partial charge in [0.2, 0.25) is 0 Å². The molecule has 4 nitrogen and oxygen atoms in total. The van der Waals surface area contributed by atoms with Crippen molar-refractivity contribution in [2.45, 2.75) is 37.7 Å². The van der Waals surface area contributed by atoms with Gasteiger partial charge in [-0.1, -0.05) is 30.3 Å². The van der Waals surface area contributed by atoms with Crippen molar-refractivity contribution in [3.05, 3.63) is 59.2 Å². The minimum Gasteiger partial charge on any atom is -0.486 e. The summed E-state index contributed by atoms with van der Waals surface area (Å²) in [7, 11) is -3.05. The van der Waals surface area contributed by atoms with E-state index in [2.05, 4.69) is 6.07 Å². The second-order valence-electron chi connectivity index (χ2n) is 6.65. The Morgan fingerprint density at radius 2 is 1.40 bits per heavy atom. The number of fused-ring (bicyclic) bond motifs is 1. The zero-order chi connectivity index (χ0) is 17.9. The number of aryl methyl sites for hydroxylation is 2. The molecular formula is C20H24O4S. The Kier molecular flexibility index (Phi) is 5.33. The van der Waals surface area contributed by atoms with Crippen LogP contribution < -0.4 is 9.47 Å². The third-order valence-corrected chi connectivity index (χ3v) is 6.59. The third-order valence-electron chi connectivity index (χ3n) is 4.42. The molecule has 0 unspecified atom stereocenters. The quantitative estimate of drug-likeness (QED) is 0.790. The average molecular weight is 360 g/mol. The predicted octanol–water partition coefficient (Wildman–Crippen LogP) is 3.57. The van der Waals surface area contributed by atoms with Crippen molar-refractivity contribution in [2.75, 3.05) is 13.2 Å². The smallest absolute Gasteiger partial charge is 0.161 e. The van der Waals surface area contributed by atoms with Crippen molar-refractivity contribution in [3.63, 3.8) is 0 Å². The van der Waals surface area contributed by atoms with E-state index < -0.39 is 9.84 Å². The SMILES string of the molecule is CC(C)S(=O)(=O)Cc1ccc(CCc2ccc3c(c2)OCCO3)cc1. The fourth-order valence-electron chi connectivity index (χ4n) is 2.73. The van der Waals surface area contributed by atoms with Gasteiger partial charge in [-0.2, -0.15) is 0 Å². The van der Waals surface area contributed by atoms with Crippen LogP contribution in [-0.2, 0) is 28.4 Å². The van der Waals surface area contributed by atoms with Gasteiger partial charge in [0.05, 0.1) is 11.0 Å². The molecule has 0 aliphatic carbocycles. The van der Waals surface area contributed by atoms with Gasteiger partial charge in [0.1, 0.15) is 13.2 Å². The zero-order valence-electron chi connectivity index (χ0n) is 14.7. The van der Waals surface area contributed by atoms with Gasteiger partial charge >= 0.3 is 0 Å². The molecule has 0 saturated carbocycles. The van der Waals surface area contributed by atoms with Gasteiger partial charge in [-0.15, -0.1) is 0 Å². The molecule has 1 aliphatic heterocycles. The largest absolute Gasteiger partial charge is 0.486 e. The van der Waals surface area contributed by atoms with Crippen molar-refractivity contribution in [1.82, 2.24) is 0 Å². The first-order valence-electron chi connectivity index (χ1n) is 8.62. The number of ether oxygens (including phenoxy) is 2. The van der Waals surface area contributed by atoms with Crippen molar-refractivity contribution >= 4 is 9.84 Å². The van der Waals surface area contributed by atoms with Gasteiger partial charge in [0, 0.05) is 0 Å². The molecule has 0 spiro atoms. The molecular weight excluding hydrogens is 336 g/mol. The molecule has 0 aromatic heterocycles. The Morgan fingerprint density at radius 3 is 2.08 bits per heavy atom. The number of rotatable bonds is 6. The summed E-state index contributed by atoms with van der Waals surface area (Å²) in [5, 5.41) is -0.345. The minimum atomic E-state index is -3.05. The number of hydrogen-bond donors (Lipinski definition) is 0. The molecule has 0 amide bonds. The van der Waals surface area contributed by atoms with Crippen molar-refractivity contribution in [2.24, 2.45) is 0 Å². The van der Waals surface area contributed by atoms with Gasteiger partial charge < -0.3 is 9.47 Å². The predicted molar refractivity (Wildman–Crippen MR) is 99.0 cm³/mol. The molecule has 134 valence electrons. The van der Waals surface area contributed by atoms with E-state index in [-0.39, 0.29) is 11.0 Å². The molecule has 0 N–H and O–H groups in total. The fraction of sp³-hybridized carbons (Fsp3) is 0.400. The van der Waals surface area contributed by atoms with E-state index in [0.717, 1.165) is 29.9 Å². The summed E-state index contributed by atoms with van der Waals surface area (Å²) in [6.45, 7) is 4.64. The van der Waals surface area contributed by atoms with E-state index in [1.165, 1.54) is 11.1 Å². The second kappa shape index (κ2) is 7.48. The Balaban J connectivity index is 1.60. The molecule has 25 heavy (non-hydrogen) atoms. The van der Waals surface area contributed by atoms with Crippen LogP contribution in [0.3, 0.4) is 0 Å². The van der Waals surface area contributed by atoms with Gasteiger partial charge in [-0.3, -0.25) is 0 Å². The molecule has 0 radical (unpaired) electrons. The molecule has 1 heterocycles. The summed E-state index contributed by atoms with van der Waals surface area (Å²) in [5.41, 5.74) is 3.24. The summed E-state index contributed by atoms with van der Waals surface area (Å²) in [4.78, 5) is 0. The zero-order valence-corrected chi connectivity index (χ0v) is 15.5. The van der Waals surface area contributed by atoms with Crippen LogP contribution in [0.2, 0.25) is 0 Å². The molecule has 2 aromatic carbocycles. The fourth-order valence-corrected chi connectivity index (χ4v) is 3.72. The van der Waals surface area contributed by atoms with E-state index in [9.17, 15) is 8.42 Å². The molecule has 2 aromatic rings. The normalized spacial score (nSPS) is 13.9. The number of benzene rings is 2. The van der Waals surface area contributed by atoms with Crippen molar-refractivity contribution in [3.8, 4) is 11.5 Å². The molecule has 3 rings (SSSR count). The summed E-state index contributed by atoms with van der Waals surface area (Å²) in [6, 6.07) is 13.9. The highest BCUT2D eigenvalue weighted by Gasteiger charge is 2.16. The maximum atomic E-state index is 12.0. The first-order chi connectivity index (χ1) is 11.9. The maximum absolute atomic E-state index is 12.0. The van der Waals surface area contributed by atoms with E-state index in [4.69, 9.17) is 9.47 Å². The molecule has 1 aliphatic rings. The summed E-state index contributed by atoms with van der Waals surface area (Å²) in [5.74, 6) is 1.73. The highest BCUT2D eigenvalue weighted by atomic mass is 32.2. The van der Waals surface area contributed by atoms with Crippen LogP contribution in [0.5, 0.6) is 11.5 Å². The van der Waals surface area contributed by atoms with Crippen LogP contribution in [0, 0.1) is 0 Å². The molecule has 0 atom stereocenters. The van der Waals surface area contributed by atoms with E-state index >= 15 is 0 Å². The van der Waals surface area contributed by atoms with Crippen molar-refractivity contribution < 1.29 is 17.9 Å². The van der Waals surface area contributed by atoms with Gasteiger partial charge in [-0.05, 0) is 55.5 Å². The van der Waals surface area contributed by atoms with Gasteiger partial charge in [0.15, 0.2) is 21.3 Å². The number of sulfone groups is 1. The Morgan fingerprint density at radius 1 is 0.840 bits per heavy atom. The van der Waals surface area contributed by atoms with E-state index in [1.807, 2.05) is 36.4 Å². The lowest BCUT2D eigenvalue weighted by Gasteiger charge is -2.18. The average Bonchev–Trinajstić information content (AvgIpc) is 2.60. The Bertz CT molecular complexity index is 823. The van der Waals surface area contributed by atoms with E-state index in [0.29, 0.717) is 13.2 Å². The molecule has 0 bridgehead atoms. The third kappa shape index (κ3) is 4.54. The lowest BCUT2D eigenvalue weighted by molar-refractivity contribution is 0.171. The second-order valence-corrected chi connectivity index (χ2v) is 9.21. The van der Waals surface area contributed by atoms with E-state index in [1.54, 1.807) is 13.8 Å².